The number of aromatic nitrogens is 1. The van der Waals surface area contributed by atoms with Crippen molar-refractivity contribution in [2.75, 3.05) is 13.1 Å². The van der Waals surface area contributed by atoms with Gasteiger partial charge in [-0.3, -0.25) is 9.59 Å². The van der Waals surface area contributed by atoms with Gasteiger partial charge >= 0.3 is 0 Å². The van der Waals surface area contributed by atoms with Crippen molar-refractivity contribution in [3.8, 4) is 0 Å². The number of piperidine rings is 1. The number of aliphatic hydroxyl groups is 1. The highest BCUT2D eigenvalue weighted by Gasteiger charge is 2.29. The first kappa shape index (κ1) is 20.3. The van der Waals surface area contributed by atoms with Crippen LogP contribution in [0.15, 0.2) is 59.5 Å². The molecule has 4 rings (SSSR count). The summed E-state index contributed by atoms with van der Waals surface area (Å²) in [6.45, 7) is 0.319. The topological polar surface area (TPSA) is 96.7 Å². The molecule has 0 bridgehead atoms. The van der Waals surface area contributed by atoms with Crippen LogP contribution in [0.25, 0.3) is 10.9 Å². The van der Waals surface area contributed by atoms with Gasteiger partial charge in [0.1, 0.15) is 0 Å². The minimum Gasteiger partial charge on any atom is -0.390 e. The third kappa shape index (κ3) is 3.42. The third-order valence-corrected chi connectivity index (χ3v) is 7.23. The number of nitrogens with zero attached hydrogens (tertiary/aromatic N) is 2. The Kier molecular flexibility index (Phi) is 5.44. The Balaban J connectivity index is 1.80. The molecule has 1 amide bonds. The van der Waals surface area contributed by atoms with E-state index in [0.717, 1.165) is 0 Å². The first-order valence-corrected chi connectivity index (χ1v) is 11.2. The molecule has 7 nitrogen and oxygen atoms in total. The van der Waals surface area contributed by atoms with Gasteiger partial charge in [0.2, 0.25) is 5.78 Å². The number of carbonyl (C=O) groups excluding carboxylic acids is 2. The van der Waals surface area contributed by atoms with Crippen LogP contribution in [-0.4, -0.2) is 47.2 Å². The van der Waals surface area contributed by atoms with Crippen LogP contribution in [0.4, 0.5) is 0 Å². The molecule has 0 atom stereocenters. The van der Waals surface area contributed by atoms with Gasteiger partial charge < -0.3 is 10.0 Å². The van der Waals surface area contributed by atoms with E-state index in [4.69, 9.17) is 0 Å². The number of Topliss-reactive ketones (excluding diaryl/α,β-unsaturated/α-hetero) is 1. The molecule has 0 radical (unpaired) electrons. The second-order valence-corrected chi connectivity index (χ2v) is 9.04. The number of carbonyl (C=O) groups is 2. The van der Waals surface area contributed by atoms with Crippen molar-refractivity contribution in [2.24, 2.45) is 0 Å². The number of hydrogen-bond acceptors (Lipinski definition) is 5. The maximum atomic E-state index is 13.4. The molecular weight excluding hydrogens is 404 g/mol. The molecule has 156 valence electrons. The predicted octanol–water partition coefficient (Wildman–Crippen LogP) is 2.10. The maximum absolute atomic E-state index is 13.4. The van der Waals surface area contributed by atoms with Crippen molar-refractivity contribution in [2.45, 2.75) is 30.8 Å². The van der Waals surface area contributed by atoms with E-state index in [1.54, 1.807) is 30.3 Å². The van der Waals surface area contributed by atoms with Crippen molar-refractivity contribution in [3.63, 3.8) is 0 Å². The van der Waals surface area contributed by atoms with Gasteiger partial charge in [-0.15, -0.1) is 0 Å². The summed E-state index contributed by atoms with van der Waals surface area (Å²) >= 11 is 0. The first-order valence-electron chi connectivity index (χ1n) is 9.80. The van der Waals surface area contributed by atoms with Crippen molar-refractivity contribution >= 4 is 32.6 Å². The molecule has 1 aliphatic rings. The Bertz CT molecular complexity index is 1220. The molecule has 1 fully saturated rings. The molecule has 30 heavy (non-hydrogen) atoms. The predicted molar refractivity (Wildman–Crippen MR) is 111 cm³/mol. The number of fused-ring (bicyclic) bond motifs is 1. The van der Waals surface area contributed by atoms with Crippen LogP contribution < -0.4 is 0 Å². The minimum absolute atomic E-state index is 0.129. The highest BCUT2D eigenvalue weighted by molar-refractivity contribution is 7.90. The second kappa shape index (κ2) is 8.04. The van der Waals surface area contributed by atoms with E-state index in [1.165, 1.54) is 21.0 Å². The van der Waals surface area contributed by atoms with Crippen LogP contribution >= 0.6 is 0 Å². The molecule has 1 aliphatic heterocycles. The first-order chi connectivity index (χ1) is 14.4. The Labute approximate surface area is 174 Å². The van der Waals surface area contributed by atoms with E-state index in [1.807, 2.05) is 12.1 Å². The van der Waals surface area contributed by atoms with Gasteiger partial charge in [0.25, 0.3) is 15.9 Å². The van der Waals surface area contributed by atoms with Crippen LogP contribution in [0.2, 0.25) is 0 Å². The minimum atomic E-state index is -3.93. The van der Waals surface area contributed by atoms with Crippen molar-refractivity contribution in [3.05, 3.63) is 65.9 Å². The van der Waals surface area contributed by atoms with Crippen molar-refractivity contribution in [1.82, 2.24) is 8.87 Å². The highest BCUT2D eigenvalue weighted by Crippen LogP contribution is 2.31. The molecular formula is C22H22N2O5S. The largest absolute Gasteiger partial charge is 0.390 e. The summed E-state index contributed by atoms with van der Waals surface area (Å²) in [5.74, 6) is -0.884. The normalized spacial score (nSPS) is 15.2. The SMILES string of the molecule is O=C1CCCN(CCc2c(CO)n(S(=O)(=O)c3ccccc3)c3ccccc23)C1=O. The maximum Gasteiger partial charge on any atom is 0.289 e. The van der Waals surface area contributed by atoms with Crippen LogP contribution in [0.5, 0.6) is 0 Å². The van der Waals surface area contributed by atoms with Crippen LogP contribution in [0.3, 0.4) is 0 Å². The number of aliphatic hydroxyl groups excluding tert-OH is 1. The zero-order valence-corrected chi connectivity index (χ0v) is 17.1. The fourth-order valence-electron chi connectivity index (χ4n) is 4.02. The Hall–Kier alpha value is -2.97. The lowest BCUT2D eigenvalue weighted by Crippen LogP contribution is -2.42. The Morgan fingerprint density at radius 1 is 0.967 bits per heavy atom. The molecule has 1 saturated heterocycles. The van der Waals surface area contributed by atoms with Gasteiger partial charge in [-0.25, -0.2) is 12.4 Å². The number of amides is 1. The van der Waals surface area contributed by atoms with E-state index >= 15 is 0 Å². The fraction of sp³-hybridized carbons (Fsp3) is 0.273. The number of rotatable bonds is 6. The summed E-state index contributed by atoms with van der Waals surface area (Å²) in [6, 6.07) is 15.1. The van der Waals surface area contributed by atoms with Gasteiger partial charge in [0, 0.05) is 24.9 Å². The molecule has 1 aromatic heterocycles. The monoisotopic (exact) mass is 426 g/mol. The molecule has 0 unspecified atom stereocenters. The zero-order valence-electron chi connectivity index (χ0n) is 16.3. The average molecular weight is 426 g/mol. The lowest BCUT2D eigenvalue weighted by Gasteiger charge is -2.25. The molecule has 2 aromatic carbocycles. The summed E-state index contributed by atoms with van der Waals surface area (Å²) in [7, 11) is -3.93. The summed E-state index contributed by atoms with van der Waals surface area (Å²) < 4.78 is 28.0. The number of para-hydroxylation sites is 1. The van der Waals surface area contributed by atoms with E-state index in [2.05, 4.69) is 0 Å². The van der Waals surface area contributed by atoms with E-state index in [-0.39, 0.29) is 23.6 Å². The van der Waals surface area contributed by atoms with Crippen molar-refractivity contribution < 1.29 is 23.1 Å². The molecule has 2 heterocycles. The number of hydrogen-bond donors (Lipinski definition) is 1. The summed E-state index contributed by atoms with van der Waals surface area (Å²) in [5, 5.41) is 10.8. The average Bonchev–Trinajstić information content (AvgIpc) is 3.09. The number of ketones is 1. The molecule has 0 spiro atoms. The molecule has 8 heteroatoms. The summed E-state index contributed by atoms with van der Waals surface area (Å²) in [6.07, 6.45) is 1.24. The lowest BCUT2D eigenvalue weighted by atomic mass is 10.0. The summed E-state index contributed by atoms with van der Waals surface area (Å²) in [5.41, 5.74) is 1.41. The van der Waals surface area contributed by atoms with Crippen LogP contribution in [0, 0.1) is 0 Å². The molecule has 0 aliphatic carbocycles. The molecule has 3 aromatic rings. The van der Waals surface area contributed by atoms with E-state index in [0.29, 0.717) is 35.9 Å². The summed E-state index contributed by atoms with van der Waals surface area (Å²) in [4.78, 5) is 25.5. The Morgan fingerprint density at radius 3 is 2.40 bits per heavy atom. The zero-order chi connectivity index (χ0) is 21.3. The number of likely N-dealkylation sites (tertiary alicyclic amines) is 1. The smallest absolute Gasteiger partial charge is 0.289 e. The lowest BCUT2D eigenvalue weighted by molar-refractivity contribution is -0.147. The second-order valence-electron chi connectivity index (χ2n) is 7.25. The third-order valence-electron chi connectivity index (χ3n) is 5.46. The standard InChI is InChI=1S/C22H22N2O5S/c25-15-20-18(12-14-23-13-6-11-21(26)22(23)27)17-9-4-5-10-19(17)24(20)30(28,29)16-7-2-1-3-8-16/h1-5,7-10,25H,6,11-15H2. The van der Waals surface area contributed by atoms with Gasteiger partial charge in [0.15, 0.2) is 0 Å². The fourth-order valence-corrected chi connectivity index (χ4v) is 5.60. The van der Waals surface area contributed by atoms with E-state index in [9.17, 15) is 23.1 Å². The van der Waals surface area contributed by atoms with Gasteiger partial charge in [-0.1, -0.05) is 36.4 Å². The Morgan fingerprint density at radius 2 is 1.67 bits per heavy atom. The van der Waals surface area contributed by atoms with Crippen LogP contribution in [0.1, 0.15) is 24.1 Å². The molecule has 0 saturated carbocycles. The van der Waals surface area contributed by atoms with Gasteiger partial charge in [-0.05, 0) is 36.6 Å². The van der Waals surface area contributed by atoms with Crippen molar-refractivity contribution in [1.29, 1.82) is 0 Å². The van der Waals surface area contributed by atoms with Gasteiger partial charge in [0.05, 0.1) is 22.7 Å². The van der Waals surface area contributed by atoms with E-state index < -0.39 is 28.3 Å². The van der Waals surface area contributed by atoms with Gasteiger partial charge in [-0.2, -0.15) is 0 Å². The molecule has 1 N–H and O–H groups in total. The van der Waals surface area contributed by atoms with Crippen LogP contribution in [-0.2, 0) is 32.6 Å². The quantitative estimate of drug-likeness (QED) is 0.609. The number of benzene rings is 2. The highest BCUT2D eigenvalue weighted by atomic mass is 32.2.